The predicted molar refractivity (Wildman–Crippen MR) is 78.9 cm³/mol. The number of nitrogen functional groups attached to an aromatic ring is 1. The molecule has 3 N–H and O–H groups in total. The van der Waals surface area contributed by atoms with E-state index in [9.17, 15) is 4.79 Å². The third-order valence-electron chi connectivity index (χ3n) is 3.92. The van der Waals surface area contributed by atoms with Gasteiger partial charge in [-0.2, -0.15) is 0 Å². The van der Waals surface area contributed by atoms with Gasteiger partial charge in [-0.1, -0.05) is 29.8 Å². The highest BCUT2D eigenvalue weighted by molar-refractivity contribution is 5.81. The molecule has 1 heterocycles. The van der Waals surface area contributed by atoms with Crippen LogP contribution in [0.15, 0.2) is 28.9 Å². The molecule has 0 spiro atoms. The minimum absolute atomic E-state index is 0.00625. The average Bonchev–Trinajstić information content (AvgIpc) is 2.84. The Balaban J connectivity index is 1.74. The second kappa shape index (κ2) is 5.55. The molecule has 3 rings (SSSR count). The van der Waals surface area contributed by atoms with Crippen molar-refractivity contribution in [1.29, 1.82) is 0 Å². The summed E-state index contributed by atoms with van der Waals surface area (Å²) in [5.74, 6) is 1.11. The number of Topliss-reactive ketones (excluding diaryl/α,β-unsaturated/α-hetero) is 1. The molecule has 1 fully saturated rings. The van der Waals surface area contributed by atoms with Crippen LogP contribution in [0.25, 0.3) is 0 Å². The highest BCUT2D eigenvalue weighted by Crippen LogP contribution is 2.33. The number of ketones is 1. The molecule has 1 aliphatic carbocycles. The quantitative estimate of drug-likeness (QED) is 0.899. The molecule has 21 heavy (non-hydrogen) atoms. The highest BCUT2D eigenvalue weighted by atomic mass is 16.6. The summed E-state index contributed by atoms with van der Waals surface area (Å²) < 4.78 is 4.57. The number of nitrogens with two attached hydrogens (primary N) is 1. The van der Waals surface area contributed by atoms with Gasteiger partial charge < -0.3 is 11.1 Å². The Bertz CT molecular complexity index is 635. The van der Waals surface area contributed by atoms with Gasteiger partial charge in [0.25, 0.3) is 0 Å². The summed E-state index contributed by atoms with van der Waals surface area (Å²) in [4.78, 5) is 12.0. The zero-order chi connectivity index (χ0) is 14.8. The third-order valence-corrected chi connectivity index (χ3v) is 3.92. The Morgan fingerprint density at radius 3 is 2.67 bits per heavy atom. The van der Waals surface area contributed by atoms with Gasteiger partial charge in [0, 0.05) is 18.9 Å². The largest absolute Gasteiger partial charge is 0.378 e. The van der Waals surface area contributed by atoms with E-state index in [0.29, 0.717) is 18.7 Å². The van der Waals surface area contributed by atoms with Crippen LogP contribution in [-0.2, 0) is 4.79 Å². The number of benzene rings is 1. The molecule has 6 nitrogen and oxygen atoms in total. The van der Waals surface area contributed by atoms with Crippen molar-refractivity contribution in [2.45, 2.75) is 38.1 Å². The molecule has 1 aromatic heterocycles. The van der Waals surface area contributed by atoms with E-state index in [-0.39, 0.29) is 23.6 Å². The molecule has 0 unspecified atom stereocenters. The lowest BCUT2D eigenvalue weighted by Gasteiger charge is -2.29. The van der Waals surface area contributed by atoms with E-state index < -0.39 is 0 Å². The van der Waals surface area contributed by atoms with E-state index >= 15 is 0 Å². The maximum atomic E-state index is 12.0. The van der Waals surface area contributed by atoms with Crippen LogP contribution in [0.3, 0.4) is 0 Å². The van der Waals surface area contributed by atoms with Gasteiger partial charge in [0.2, 0.25) is 11.6 Å². The fourth-order valence-electron chi connectivity index (χ4n) is 2.83. The van der Waals surface area contributed by atoms with Crippen molar-refractivity contribution in [3.8, 4) is 0 Å². The molecule has 0 radical (unpaired) electrons. The van der Waals surface area contributed by atoms with E-state index in [1.54, 1.807) is 0 Å². The topological polar surface area (TPSA) is 94.0 Å². The number of hydrogen-bond donors (Lipinski definition) is 2. The number of nitrogens with zero attached hydrogens (tertiary/aromatic N) is 2. The van der Waals surface area contributed by atoms with Crippen LogP contribution in [0.1, 0.15) is 36.3 Å². The normalized spacial score (nSPS) is 22.2. The third kappa shape index (κ3) is 3.04. The van der Waals surface area contributed by atoms with Crippen molar-refractivity contribution in [2.75, 3.05) is 11.1 Å². The molecule has 1 aromatic carbocycles. The minimum Gasteiger partial charge on any atom is -0.378 e. The van der Waals surface area contributed by atoms with Crippen molar-refractivity contribution >= 4 is 17.4 Å². The van der Waals surface area contributed by atoms with E-state index in [0.717, 1.165) is 6.42 Å². The van der Waals surface area contributed by atoms with Crippen LogP contribution in [0.4, 0.5) is 11.6 Å². The predicted octanol–water partition coefficient (Wildman–Crippen LogP) is 2.28. The fourth-order valence-corrected chi connectivity index (χ4v) is 2.83. The summed E-state index contributed by atoms with van der Waals surface area (Å²) in [6, 6.07) is 8.36. The van der Waals surface area contributed by atoms with E-state index in [2.05, 4.69) is 51.4 Å². The minimum atomic E-state index is 0.00625. The SMILES string of the molecule is Cc1ccc([C@@H]2CC(=O)C[C@@H](Nc3nonc3N)C2)cc1. The average molecular weight is 286 g/mol. The molecular weight excluding hydrogens is 268 g/mol. The van der Waals surface area contributed by atoms with Crippen molar-refractivity contribution in [1.82, 2.24) is 10.3 Å². The number of carbonyl (C=O) groups excluding carboxylic acids is 1. The number of carbonyl (C=O) groups is 1. The monoisotopic (exact) mass is 286 g/mol. The van der Waals surface area contributed by atoms with E-state index in [4.69, 9.17) is 5.73 Å². The second-order valence-corrected chi connectivity index (χ2v) is 5.63. The summed E-state index contributed by atoms with van der Waals surface area (Å²) in [5.41, 5.74) is 8.06. The summed E-state index contributed by atoms with van der Waals surface area (Å²) in [6.07, 6.45) is 1.93. The van der Waals surface area contributed by atoms with Crippen LogP contribution in [0.2, 0.25) is 0 Å². The Labute approximate surface area is 122 Å². The molecule has 0 amide bonds. The van der Waals surface area contributed by atoms with Gasteiger partial charge in [-0.3, -0.25) is 4.79 Å². The first-order valence-electron chi connectivity index (χ1n) is 7.04. The van der Waals surface area contributed by atoms with Crippen LogP contribution in [-0.4, -0.2) is 22.1 Å². The molecule has 110 valence electrons. The van der Waals surface area contributed by atoms with Crippen LogP contribution < -0.4 is 11.1 Å². The van der Waals surface area contributed by atoms with Gasteiger partial charge in [-0.15, -0.1) is 0 Å². The zero-order valence-electron chi connectivity index (χ0n) is 11.9. The Hall–Kier alpha value is -2.37. The van der Waals surface area contributed by atoms with Gasteiger partial charge in [0.15, 0.2) is 0 Å². The maximum absolute atomic E-state index is 12.0. The Morgan fingerprint density at radius 1 is 1.24 bits per heavy atom. The first-order chi connectivity index (χ1) is 10.1. The Kier molecular flexibility index (Phi) is 3.60. The Morgan fingerprint density at radius 2 is 2.00 bits per heavy atom. The first kappa shape index (κ1) is 13.6. The number of hydrogen-bond acceptors (Lipinski definition) is 6. The number of aryl methyl sites for hydroxylation is 1. The lowest BCUT2D eigenvalue weighted by molar-refractivity contribution is -0.120. The van der Waals surface area contributed by atoms with Crippen molar-refractivity contribution in [2.24, 2.45) is 0 Å². The first-order valence-corrected chi connectivity index (χ1v) is 7.04. The molecule has 2 aromatic rings. The van der Waals surface area contributed by atoms with Crippen molar-refractivity contribution < 1.29 is 9.42 Å². The molecular formula is C15H18N4O2. The smallest absolute Gasteiger partial charge is 0.215 e. The fraction of sp³-hybridized carbons (Fsp3) is 0.400. The summed E-state index contributed by atoms with van der Waals surface area (Å²) >= 11 is 0. The lowest BCUT2D eigenvalue weighted by Crippen LogP contribution is -2.31. The number of aromatic nitrogens is 2. The van der Waals surface area contributed by atoms with Crippen molar-refractivity contribution in [3.63, 3.8) is 0 Å². The molecule has 0 saturated heterocycles. The summed E-state index contributed by atoms with van der Waals surface area (Å²) in [7, 11) is 0. The van der Waals surface area contributed by atoms with Gasteiger partial charge in [0.05, 0.1) is 0 Å². The van der Waals surface area contributed by atoms with Gasteiger partial charge in [0.1, 0.15) is 5.78 Å². The van der Waals surface area contributed by atoms with Gasteiger partial charge in [-0.05, 0) is 35.1 Å². The van der Waals surface area contributed by atoms with E-state index in [1.165, 1.54) is 11.1 Å². The molecule has 0 aliphatic heterocycles. The summed E-state index contributed by atoms with van der Waals surface area (Å²) in [6.45, 7) is 2.06. The van der Waals surface area contributed by atoms with E-state index in [1.807, 2.05) is 0 Å². The molecule has 1 saturated carbocycles. The maximum Gasteiger partial charge on any atom is 0.215 e. The molecule has 6 heteroatoms. The molecule has 2 atom stereocenters. The zero-order valence-corrected chi connectivity index (χ0v) is 11.9. The number of rotatable bonds is 3. The highest BCUT2D eigenvalue weighted by Gasteiger charge is 2.29. The number of nitrogens with one attached hydrogen (secondary N) is 1. The molecule has 0 bridgehead atoms. The van der Waals surface area contributed by atoms with Crippen LogP contribution in [0.5, 0.6) is 0 Å². The van der Waals surface area contributed by atoms with Crippen LogP contribution in [0, 0.1) is 6.92 Å². The second-order valence-electron chi connectivity index (χ2n) is 5.63. The lowest BCUT2D eigenvalue weighted by atomic mass is 9.80. The van der Waals surface area contributed by atoms with Gasteiger partial charge >= 0.3 is 0 Å². The van der Waals surface area contributed by atoms with Crippen molar-refractivity contribution in [3.05, 3.63) is 35.4 Å². The van der Waals surface area contributed by atoms with Crippen LogP contribution >= 0.6 is 0 Å². The summed E-state index contributed by atoms with van der Waals surface area (Å²) in [5, 5.41) is 10.4. The molecule has 1 aliphatic rings. The van der Waals surface area contributed by atoms with Gasteiger partial charge in [-0.25, -0.2) is 4.63 Å². The number of anilines is 2. The standard InChI is InChI=1S/C15H18N4O2/c1-9-2-4-10(5-3-9)11-6-12(8-13(20)7-11)17-15-14(16)18-21-19-15/h2-5,11-12H,6-8H2,1H3,(H2,16,18)(H,17,19)/t11-,12-/m0/s1.